The van der Waals surface area contributed by atoms with Crippen LogP contribution in [0.3, 0.4) is 0 Å². The number of likely N-dealkylation sites (N-methyl/N-ethyl adjacent to an activating group) is 1. The molecule has 1 atom stereocenters. The fraction of sp³-hybridized carbons (Fsp3) is 0.538. The number of carbonyl (C=O) groups is 1. The number of fused-ring (bicyclic) bond motifs is 2. The van der Waals surface area contributed by atoms with Gasteiger partial charge in [0, 0.05) is 34.9 Å². The molecule has 0 unspecified atom stereocenters. The molecule has 0 radical (unpaired) electrons. The van der Waals surface area contributed by atoms with Crippen molar-refractivity contribution in [3.8, 4) is 11.4 Å². The summed E-state index contributed by atoms with van der Waals surface area (Å²) in [5, 5.41) is 19.6. The molecule has 6 nitrogen and oxygen atoms in total. The lowest BCUT2D eigenvalue weighted by atomic mass is 9.76. The second-order valence-electron chi connectivity index (χ2n) is 10.6. The van der Waals surface area contributed by atoms with Gasteiger partial charge in [0.05, 0.1) is 5.69 Å². The standard InChI is InChI=1S/C26H34N4O2/c1-26(2)12-11-19-22(15-26)28-29-23(19)21-13-17-9-10-18(14-20(17)27-21)30(3)25(32)24(31)16-7-5-4-6-8-16/h9-10,13-14,16,24,27,31H,4-8,11-12,15H2,1-3H3,(H,28,29)/t24-/m0/s1. The number of rotatable bonds is 4. The van der Waals surface area contributed by atoms with Gasteiger partial charge in [-0.2, -0.15) is 5.10 Å². The lowest BCUT2D eigenvalue weighted by molar-refractivity contribution is -0.129. The third kappa shape index (κ3) is 3.85. The van der Waals surface area contributed by atoms with Crippen LogP contribution in [0, 0.1) is 11.3 Å². The number of aliphatic hydroxyl groups excluding tert-OH is 1. The first-order chi connectivity index (χ1) is 15.3. The number of nitrogens with zero attached hydrogens (tertiary/aromatic N) is 2. The fourth-order valence-electron chi connectivity index (χ4n) is 5.50. The largest absolute Gasteiger partial charge is 0.383 e. The molecule has 2 aliphatic rings. The SMILES string of the molecule is CN(C(=O)[C@@H](O)C1CCCCC1)c1ccc2cc(-c3n[nH]c4c3CCC(C)(C)C4)[nH]c2c1. The molecule has 0 saturated heterocycles. The second-order valence-corrected chi connectivity index (χ2v) is 10.6. The Morgan fingerprint density at radius 1 is 1.22 bits per heavy atom. The van der Waals surface area contributed by atoms with Gasteiger partial charge in [-0.25, -0.2) is 0 Å². The monoisotopic (exact) mass is 434 g/mol. The van der Waals surface area contributed by atoms with Gasteiger partial charge >= 0.3 is 0 Å². The number of aromatic amines is 2. The van der Waals surface area contributed by atoms with Gasteiger partial charge in [0.2, 0.25) is 0 Å². The lowest BCUT2D eigenvalue weighted by Gasteiger charge is -2.29. The van der Waals surface area contributed by atoms with Crippen molar-refractivity contribution in [3.05, 3.63) is 35.5 Å². The first-order valence-corrected chi connectivity index (χ1v) is 12.0. The highest BCUT2D eigenvalue weighted by molar-refractivity contribution is 5.98. The Hall–Kier alpha value is -2.60. The highest BCUT2D eigenvalue weighted by atomic mass is 16.3. The first kappa shape index (κ1) is 21.3. The molecule has 2 aliphatic carbocycles. The van der Waals surface area contributed by atoms with E-state index in [4.69, 9.17) is 0 Å². The Morgan fingerprint density at radius 3 is 2.78 bits per heavy atom. The zero-order valence-electron chi connectivity index (χ0n) is 19.4. The van der Waals surface area contributed by atoms with E-state index in [0.29, 0.717) is 5.41 Å². The minimum atomic E-state index is -0.921. The Kier molecular flexibility index (Phi) is 5.36. The average Bonchev–Trinajstić information content (AvgIpc) is 3.40. The van der Waals surface area contributed by atoms with Crippen LogP contribution in [0.4, 0.5) is 5.69 Å². The molecule has 2 aromatic heterocycles. The van der Waals surface area contributed by atoms with E-state index in [0.717, 1.165) is 72.9 Å². The maximum Gasteiger partial charge on any atom is 0.255 e. The number of hydrogen-bond donors (Lipinski definition) is 3. The Morgan fingerprint density at radius 2 is 2.00 bits per heavy atom. The number of nitrogens with one attached hydrogen (secondary N) is 2. The molecule has 5 rings (SSSR count). The second kappa shape index (κ2) is 8.07. The molecule has 2 heterocycles. The molecule has 170 valence electrons. The predicted molar refractivity (Wildman–Crippen MR) is 128 cm³/mol. The lowest BCUT2D eigenvalue weighted by Crippen LogP contribution is -2.41. The number of aliphatic hydroxyl groups is 1. The summed E-state index contributed by atoms with van der Waals surface area (Å²) >= 11 is 0. The van der Waals surface area contributed by atoms with Crippen LogP contribution >= 0.6 is 0 Å². The molecule has 3 N–H and O–H groups in total. The summed E-state index contributed by atoms with van der Waals surface area (Å²) < 4.78 is 0. The maximum atomic E-state index is 12.9. The summed E-state index contributed by atoms with van der Waals surface area (Å²) in [5.41, 5.74) is 6.65. The van der Waals surface area contributed by atoms with Crippen LogP contribution in [-0.4, -0.2) is 39.3 Å². The van der Waals surface area contributed by atoms with Crippen molar-refractivity contribution < 1.29 is 9.90 Å². The Balaban J connectivity index is 1.39. The molecule has 1 fully saturated rings. The van der Waals surface area contributed by atoms with Gasteiger partial charge in [-0.05, 0) is 61.6 Å². The third-order valence-corrected chi connectivity index (χ3v) is 7.59. The van der Waals surface area contributed by atoms with E-state index in [1.165, 1.54) is 17.7 Å². The summed E-state index contributed by atoms with van der Waals surface area (Å²) in [6.07, 6.45) is 7.57. The van der Waals surface area contributed by atoms with Crippen LogP contribution in [0.5, 0.6) is 0 Å². The van der Waals surface area contributed by atoms with Crippen molar-refractivity contribution in [2.45, 2.75) is 71.3 Å². The van der Waals surface area contributed by atoms with Gasteiger partial charge in [0.25, 0.3) is 5.91 Å². The van der Waals surface area contributed by atoms with E-state index in [1.807, 2.05) is 18.2 Å². The van der Waals surface area contributed by atoms with Crippen molar-refractivity contribution in [2.75, 3.05) is 11.9 Å². The van der Waals surface area contributed by atoms with E-state index >= 15 is 0 Å². The summed E-state index contributed by atoms with van der Waals surface area (Å²) in [7, 11) is 1.76. The van der Waals surface area contributed by atoms with Crippen molar-refractivity contribution in [1.29, 1.82) is 0 Å². The molecule has 1 amide bonds. The summed E-state index contributed by atoms with van der Waals surface area (Å²) in [4.78, 5) is 18.0. The normalized spacial score (nSPS) is 19.6. The molecule has 1 saturated carbocycles. The van der Waals surface area contributed by atoms with E-state index < -0.39 is 6.10 Å². The number of amides is 1. The maximum absolute atomic E-state index is 12.9. The van der Waals surface area contributed by atoms with Gasteiger partial charge in [0.15, 0.2) is 0 Å². The van der Waals surface area contributed by atoms with E-state index in [9.17, 15) is 9.90 Å². The first-order valence-electron chi connectivity index (χ1n) is 12.0. The molecule has 0 bridgehead atoms. The molecule has 0 spiro atoms. The van der Waals surface area contributed by atoms with Crippen molar-refractivity contribution in [1.82, 2.24) is 15.2 Å². The van der Waals surface area contributed by atoms with Gasteiger partial charge < -0.3 is 15.0 Å². The number of hydrogen-bond acceptors (Lipinski definition) is 3. The molecule has 0 aliphatic heterocycles. The minimum absolute atomic E-state index is 0.0790. The van der Waals surface area contributed by atoms with Crippen LogP contribution in [0.15, 0.2) is 24.3 Å². The smallest absolute Gasteiger partial charge is 0.255 e. The highest BCUT2D eigenvalue weighted by Gasteiger charge is 2.31. The average molecular weight is 435 g/mol. The predicted octanol–water partition coefficient (Wildman–Crippen LogP) is 4.98. The van der Waals surface area contributed by atoms with Crippen LogP contribution in [-0.2, 0) is 17.6 Å². The Labute approximate surface area is 189 Å². The number of benzene rings is 1. The number of aromatic nitrogens is 3. The van der Waals surface area contributed by atoms with Gasteiger partial charge in [-0.3, -0.25) is 9.89 Å². The zero-order chi connectivity index (χ0) is 22.5. The van der Waals surface area contributed by atoms with Crippen molar-refractivity contribution >= 4 is 22.5 Å². The van der Waals surface area contributed by atoms with E-state index in [2.05, 4.69) is 35.1 Å². The molecule has 6 heteroatoms. The summed E-state index contributed by atoms with van der Waals surface area (Å²) in [6, 6.07) is 8.11. The summed E-state index contributed by atoms with van der Waals surface area (Å²) in [5.74, 6) is -0.137. The quantitative estimate of drug-likeness (QED) is 0.542. The van der Waals surface area contributed by atoms with Crippen LogP contribution < -0.4 is 4.90 Å². The van der Waals surface area contributed by atoms with Gasteiger partial charge in [-0.15, -0.1) is 0 Å². The Bertz CT molecular complexity index is 1140. The van der Waals surface area contributed by atoms with Crippen LogP contribution in [0.1, 0.15) is 63.6 Å². The molecule has 1 aromatic carbocycles. The van der Waals surface area contributed by atoms with Gasteiger partial charge in [0.1, 0.15) is 11.8 Å². The topological polar surface area (TPSA) is 85.0 Å². The van der Waals surface area contributed by atoms with E-state index in [-0.39, 0.29) is 11.8 Å². The molecule has 3 aromatic rings. The third-order valence-electron chi connectivity index (χ3n) is 7.59. The van der Waals surface area contributed by atoms with Gasteiger partial charge in [-0.1, -0.05) is 39.2 Å². The zero-order valence-corrected chi connectivity index (χ0v) is 19.4. The van der Waals surface area contributed by atoms with Crippen molar-refractivity contribution in [2.24, 2.45) is 11.3 Å². The minimum Gasteiger partial charge on any atom is -0.383 e. The molecular weight excluding hydrogens is 400 g/mol. The molecule has 32 heavy (non-hydrogen) atoms. The number of anilines is 1. The van der Waals surface area contributed by atoms with E-state index in [1.54, 1.807) is 11.9 Å². The van der Waals surface area contributed by atoms with Crippen LogP contribution in [0.25, 0.3) is 22.3 Å². The summed E-state index contributed by atoms with van der Waals surface area (Å²) in [6.45, 7) is 4.62. The number of H-pyrrole nitrogens is 2. The fourth-order valence-corrected chi connectivity index (χ4v) is 5.50. The van der Waals surface area contributed by atoms with Crippen LogP contribution in [0.2, 0.25) is 0 Å². The molecular formula is C26H34N4O2. The highest BCUT2D eigenvalue weighted by Crippen LogP contribution is 2.38. The number of carbonyl (C=O) groups excluding carboxylic acids is 1. The van der Waals surface area contributed by atoms with Crippen molar-refractivity contribution in [3.63, 3.8) is 0 Å².